The summed E-state index contributed by atoms with van der Waals surface area (Å²) < 4.78 is 5.62. The van der Waals surface area contributed by atoms with Crippen LogP contribution in [0.25, 0.3) is 0 Å². The number of rotatable bonds is 5. The lowest BCUT2D eigenvalue weighted by molar-refractivity contribution is 0.242. The Bertz CT molecular complexity index is 348. The summed E-state index contributed by atoms with van der Waals surface area (Å²) in [4.78, 5) is 0. The Morgan fingerprint density at radius 3 is 2.11 bits per heavy atom. The number of nitrogens with two attached hydrogens (primary N) is 1. The third kappa shape index (κ3) is 5.09. The van der Waals surface area contributed by atoms with E-state index in [1.165, 1.54) is 5.56 Å². The highest BCUT2D eigenvalue weighted by Gasteiger charge is 2.19. The fraction of sp³-hybridized carbons (Fsp3) is 0.625. The Kier molecular flexibility index (Phi) is 5.21. The molecule has 1 atom stereocenters. The first-order chi connectivity index (χ1) is 8.29. The quantitative estimate of drug-likeness (QED) is 0.862. The summed E-state index contributed by atoms with van der Waals surface area (Å²) in [5.41, 5.74) is 7.68. The van der Waals surface area contributed by atoms with Crippen LogP contribution in [0.2, 0.25) is 0 Å². The molecule has 0 heterocycles. The predicted molar refractivity (Wildman–Crippen MR) is 78.0 cm³/mol. The third-order valence-corrected chi connectivity index (χ3v) is 3.15. The van der Waals surface area contributed by atoms with Gasteiger partial charge in [-0.25, -0.2) is 0 Å². The van der Waals surface area contributed by atoms with Crippen LogP contribution in [0.4, 0.5) is 0 Å². The van der Waals surface area contributed by atoms with Crippen molar-refractivity contribution in [2.75, 3.05) is 0 Å². The monoisotopic (exact) mass is 249 g/mol. The molecular formula is C16H27NO. The van der Waals surface area contributed by atoms with Crippen molar-refractivity contribution in [3.05, 3.63) is 29.8 Å². The van der Waals surface area contributed by atoms with Crippen molar-refractivity contribution in [3.8, 4) is 5.75 Å². The second-order valence-electron chi connectivity index (χ2n) is 6.32. The van der Waals surface area contributed by atoms with Gasteiger partial charge in [0, 0.05) is 6.04 Å². The highest BCUT2D eigenvalue weighted by atomic mass is 16.5. The van der Waals surface area contributed by atoms with E-state index in [1.807, 2.05) is 26.0 Å². The van der Waals surface area contributed by atoms with E-state index >= 15 is 0 Å². The van der Waals surface area contributed by atoms with E-state index in [0.29, 0.717) is 0 Å². The van der Waals surface area contributed by atoms with Gasteiger partial charge in [-0.15, -0.1) is 0 Å². The third-order valence-electron chi connectivity index (χ3n) is 3.15. The summed E-state index contributed by atoms with van der Waals surface area (Å²) in [7, 11) is 0. The largest absolute Gasteiger partial charge is 0.491 e. The van der Waals surface area contributed by atoms with E-state index in [2.05, 4.69) is 32.9 Å². The number of hydrogen-bond acceptors (Lipinski definition) is 2. The van der Waals surface area contributed by atoms with E-state index in [4.69, 9.17) is 10.5 Å². The molecule has 1 aromatic carbocycles. The second kappa shape index (κ2) is 6.24. The van der Waals surface area contributed by atoms with E-state index in [-0.39, 0.29) is 17.6 Å². The number of benzene rings is 1. The molecule has 0 aliphatic rings. The molecule has 2 nitrogen and oxygen atoms in total. The van der Waals surface area contributed by atoms with Crippen LogP contribution < -0.4 is 10.5 Å². The van der Waals surface area contributed by atoms with Crippen LogP contribution in [-0.2, 0) is 6.42 Å². The van der Waals surface area contributed by atoms with Crippen molar-refractivity contribution < 1.29 is 4.74 Å². The lowest BCUT2D eigenvalue weighted by Gasteiger charge is -2.27. The molecule has 1 rings (SSSR count). The molecule has 0 saturated carbocycles. The van der Waals surface area contributed by atoms with Crippen molar-refractivity contribution >= 4 is 0 Å². The fourth-order valence-corrected chi connectivity index (χ4v) is 1.76. The zero-order valence-corrected chi connectivity index (χ0v) is 12.4. The van der Waals surface area contributed by atoms with Gasteiger partial charge < -0.3 is 10.5 Å². The minimum absolute atomic E-state index is 0.181. The van der Waals surface area contributed by atoms with Crippen molar-refractivity contribution in [1.82, 2.24) is 0 Å². The van der Waals surface area contributed by atoms with Crippen LogP contribution in [-0.4, -0.2) is 12.1 Å². The molecule has 0 saturated heterocycles. The summed E-state index contributed by atoms with van der Waals surface area (Å²) in [6, 6.07) is 8.58. The van der Waals surface area contributed by atoms with Gasteiger partial charge in [0.1, 0.15) is 5.75 Å². The molecule has 0 bridgehead atoms. The maximum absolute atomic E-state index is 6.17. The van der Waals surface area contributed by atoms with Crippen molar-refractivity contribution in [2.24, 2.45) is 11.1 Å². The van der Waals surface area contributed by atoms with Gasteiger partial charge in [-0.05, 0) is 49.8 Å². The van der Waals surface area contributed by atoms with Gasteiger partial charge in [0.25, 0.3) is 0 Å². The standard InChI is InChI=1S/C16H27NO/c1-12(2)18-14-9-6-13(7-10-14)8-11-15(17)16(3,4)5/h6-7,9-10,12,15H,8,11,17H2,1-5H3. The predicted octanol–water partition coefficient (Wildman–Crippen LogP) is 3.78. The smallest absolute Gasteiger partial charge is 0.119 e. The highest BCUT2D eigenvalue weighted by molar-refractivity contribution is 5.27. The van der Waals surface area contributed by atoms with Crippen LogP contribution in [0.3, 0.4) is 0 Å². The molecule has 0 fully saturated rings. The molecular weight excluding hydrogens is 222 g/mol. The van der Waals surface area contributed by atoms with Crippen molar-refractivity contribution in [3.63, 3.8) is 0 Å². The van der Waals surface area contributed by atoms with Gasteiger partial charge in [0.05, 0.1) is 6.10 Å². The first kappa shape index (κ1) is 15.0. The molecule has 0 aliphatic carbocycles. The Hall–Kier alpha value is -1.02. The molecule has 0 amide bonds. The lowest BCUT2D eigenvalue weighted by Crippen LogP contribution is -2.35. The molecule has 0 aromatic heterocycles. The summed E-state index contributed by atoms with van der Waals surface area (Å²) in [5.74, 6) is 0.939. The topological polar surface area (TPSA) is 35.2 Å². The van der Waals surface area contributed by atoms with Gasteiger partial charge in [-0.2, -0.15) is 0 Å². The van der Waals surface area contributed by atoms with E-state index < -0.39 is 0 Å². The van der Waals surface area contributed by atoms with E-state index in [0.717, 1.165) is 18.6 Å². The van der Waals surface area contributed by atoms with Gasteiger partial charge in [-0.3, -0.25) is 0 Å². The van der Waals surface area contributed by atoms with Gasteiger partial charge in [-0.1, -0.05) is 32.9 Å². The number of aryl methyl sites for hydroxylation is 1. The zero-order valence-electron chi connectivity index (χ0n) is 12.4. The summed E-state index contributed by atoms with van der Waals surface area (Å²) >= 11 is 0. The number of ether oxygens (including phenoxy) is 1. The first-order valence-corrected chi connectivity index (χ1v) is 6.80. The van der Waals surface area contributed by atoms with Crippen molar-refractivity contribution in [2.45, 2.75) is 59.6 Å². The molecule has 18 heavy (non-hydrogen) atoms. The zero-order chi connectivity index (χ0) is 13.8. The van der Waals surface area contributed by atoms with Crippen LogP contribution in [0.15, 0.2) is 24.3 Å². The molecule has 102 valence electrons. The fourth-order valence-electron chi connectivity index (χ4n) is 1.76. The highest BCUT2D eigenvalue weighted by Crippen LogP contribution is 2.22. The Balaban J connectivity index is 2.49. The van der Waals surface area contributed by atoms with E-state index in [9.17, 15) is 0 Å². The minimum Gasteiger partial charge on any atom is -0.491 e. The lowest BCUT2D eigenvalue weighted by atomic mass is 9.84. The van der Waals surface area contributed by atoms with Crippen LogP contribution in [0.5, 0.6) is 5.75 Å². The Morgan fingerprint density at radius 1 is 1.11 bits per heavy atom. The average molecular weight is 249 g/mol. The minimum atomic E-state index is 0.181. The summed E-state index contributed by atoms with van der Waals surface area (Å²) in [6.45, 7) is 10.7. The maximum atomic E-state index is 6.17. The maximum Gasteiger partial charge on any atom is 0.119 e. The second-order valence-corrected chi connectivity index (χ2v) is 6.32. The van der Waals surface area contributed by atoms with Crippen molar-refractivity contribution in [1.29, 1.82) is 0 Å². The van der Waals surface area contributed by atoms with Crippen LogP contribution in [0, 0.1) is 5.41 Å². The molecule has 1 unspecified atom stereocenters. The van der Waals surface area contributed by atoms with Crippen LogP contribution >= 0.6 is 0 Å². The van der Waals surface area contributed by atoms with Gasteiger partial charge >= 0.3 is 0 Å². The Morgan fingerprint density at radius 2 is 1.67 bits per heavy atom. The summed E-state index contributed by atoms with van der Waals surface area (Å²) in [6.07, 6.45) is 2.28. The molecule has 2 N–H and O–H groups in total. The summed E-state index contributed by atoms with van der Waals surface area (Å²) in [5, 5.41) is 0. The van der Waals surface area contributed by atoms with Gasteiger partial charge in [0.15, 0.2) is 0 Å². The molecule has 2 heteroatoms. The van der Waals surface area contributed by atoms with E-state index in [1.54, 1.807) is 0 Å². The molecule has 0 aliphatic heterocycles. The van der Waals surface area contributed by atoms with Gasteiger partial charge in [0.2, 0.25) is 0 Å². The normalized spacial score (nSPS) is 13.7. The number of hydrogen-bond donors (Lipinski definition) is 1. The average Bonchev–Trinajstić information content (AvgIpc) is 2.25. The van der Waals surface area contributed by atoms with Crippen LogP contribution in [0.1, 0.15) is 46.6 Å². The molecule has 1 aromatic rings. The molecule has 0 radical (unpaired) electrons. The SMILES string of the molecule is CC(C)Oc1ccc(CCC(N)C(C)(C)C)cc1. The molecule has 0 spiro atoms. The first-order valence-electron chi connectivity index (χ1n) is 6.80. The Labute approximate surface area is 112 Å².